The summed E-state index contributed by atoms with van der Waals surface area (Å²) in [4.78, 5) is 14.3. The van der Waals surface area contributed by atoms with Crippen LogP contribution in [0.1, 0.15) is 24.8 Å². The van der Waals surface area contributed by atoms with E-state index < -0.39 is 0 Å². The first-order valence-electron chi connectivity index (χ1n) is 8.91. The van der Waals surface area contributed by atoms with Gasteiger partial charge in [0.1, 0.15) is 0 Å². The highest BCUT2D eigenvalue weighted by molar-refractivity contribution is 5.74. The normalized spacial score (nSPS) is 20.0. The van der Waals surface area contributed by atoms with Crippen molar-refractivity contribution in [2.45, 2.75) is 37.8 Å². The minimum Gasteiger partial charge on any atom is -0.338 e. The molecular weight excluding hydrogens is 314 g/mol. The average Bonchev–Trinajstić information content (AvgIpc) is 3.27. The molecule has 0 bridgehead atoms. The molecule has 0 radical (unpaired) electrons. The molecule has 134 valence electrons. The van der Waals surface area contributed by atoms with Crippen molar-refractivity contribution in [3.63, 3.8) is 0 Å². The smallest absolute Gasteiger partial charge is 0.315 e. The molecule has 0 unspecified atom stereocenters. The quantitative estimate of drug-likeness (QED) is 0.847. The van der Waals surface area contributed by atoms with Gasteiger partial charge in [-0.05, 0) is 63.5 Å². The van der Waals surface area contributed by atoms with Crippen LogP contribution in [0.5, 0.6) is 0 Å². The lowest BCUT2D eigenvalue weighted by Gasteiger charge is -2.19. The molecule has 2 atom stereocenters. The molecule has 25 heavy (non-hydrogen) atoms. The third kappa shape index (κ3) is 4.82. The van der Waals surface area contributed by atoms with Crippen LogP contribution in [-0.4, -0.2) is 53.4 Å². The van der Waals surface area contributed by atoms with Gasteiger partial charge in [-0.3, -0.25) is 0 Å². The van der Waals surface area contributed by atoms with Gasteiger partial charge in [0.15, 0.2) is 0 Å². The molecule has 2 amide bonds. The van der Waals surface area contributed by atoms with Gasteiger partial charge in [0.2, 0.25) is 0 Å². The fourth-order valence-electron chi connectivity index (χ4n) is 3.35. The summed E-state index contributed by atoms with van der Waals surface area (Å²) in [6.07, 6.45) is 7.76. The number of benzene rings is 1. The highest BCUT2D eigenvalue weighted by Gasteiger charge is 2.26. The first kappa shape index (κ1) is 17.5. The summed E-state index contributed by atoms with van der Waals surface area (Å²) in [5.41, 5.74) is 2.24. The molecule has 0 spiro atoms. The van der Waals surface area contributed by atoms with E-state index in [1.54, 1.807) is 6.20 Å². The SMILES string of the molecule is CN(C)[C@@H]1CC[C@@H](NC(=O)NCCc2ccc(-n3cccn3)cc2)C1. The van der Waals surface area contributed by atoms with Crippen molar-refractivity contribution in [1.82, 2.24) is 25.3 Å². The number of hydrogen-bond donors (Lipinski definition) is 2. The van der Waals surface area contributed by atoms with E-state index in [0.717, 1.165) is 31.4 Å². The molecule has 1 heterocycles. The minimum absolute atomic E-state index is 0.0578. The monoisotopic (exact) mass is 341 g/mol. The molecule has 3 rings (SSSR count). The summed E-state index contributed by atoms with van der Waals surface area (Å²) in [6.45, 7) is 0.636. The molecule has 1 aromatic carbocycles. The zero-order valence-electron chi connectivity index (χ0n) is 15.0. The van der Waals surface area contributed by atoms with Crippen molar-refractivity contribution in [2.75, 3.05) is 20.6 Å². The van der Waals surface area contributed by atoms with E-state index in [9.17, 15) is 4.79 Å². The fraction of sp³-hybridized carbons (Fsp3) is 0.474. The molecule has 0 saturated heterocycles. The van der Waals surface area contributed by atoms with Crippen LogP contribution in [0, 0.1) is 0 Å². The van der Waals surface area contributed by atoms with Crippen LogP contribution < -0.4 is 10.6 Å². The van der Waals surface area contributed by atoms with Gasteiger partial charge in [-0.2, -0.15) is 5.10 Å². The molecule has 2 aromatic rings. The Morgan fingerprint density at radius 2 is 2.08 bits per heavy atom. The largest absolute Gasteiger partial charge is 0.338 e. The van der Waals surface area contributed by atoms with Crippen molar-refractivity contribution in [3.8, 4) is 5.69 Å². The zero-order valence-corrected chi connectivity index (χ0v) is 15.0. The third-order valence-electron chi connectivity index (χ3n) is 4.87. The van der Waals surface area contributed by atoms with Gasteiger partial charge in [0.05, 0.1) is 5.69 Å². The Morgan fingerprint density at radius 3 is 2.72 bits per heavy atom. The lowest BCUT2D eigenvalue weighted by atomic mass is 10.1. The average molecular weight is 341 g/mol. The van der Waals surface area contributed by atoms with Crippen molar-refractivity contribution in [1.29, 1.82) is 0 Å². The second-order valence-corrected chi connectivity index (χ2v) is 6.89. The number of nitrogens with one attached hydrogen (secondary N) is 2. The standard InChI is InChI=1S/C19H27N5O/c1-23(2)18-9-6-16(14-18)22-19(25)20-12-10-15-4-7-17(8-5-15)24-13-3-11-21-24/h3-5,7-8,11,13,16,18H,6,9-10,12,14H2,1-2H3,(H2,20,22,25)/t16-,18-/m1/s1. The van der Waals surface area contributed by atoms with Gasteiger partial charge in [0, 0.05) is 31.0 Å². The van der Waals surface area contributed by atoms with Gasteiger partial charge in [-0.15, -0.1) is 0 Å². The Bertz CT molecular complexity index is 666. The predicted octanol–water partition coefficient (Wildman–Crippen LogP) is 2.20. The van der Waals surface area contributed by atoms with Crippen LogP contribution in [0.2, 0.25) is 0 Å². The van der Waals surface area contributed by atoms with Gasteiger partial charge in [-0.1, -0.05) is 12.1 Å². The Balaban J connectivity index is 1.38. The zero-order chi connectivity index (χ0) is 17.6. The summed E-state index contributed by atoms with van der Waals surface area (Å²) in [5, 5.41) is 10.3. The number of urea groups is 1. The first-order valence-corrected chi connectivity index (χ1v) is 8.91. The molecule has 1 saturated carbocycles. The fourth-order valence-corrected chi connectivity index (χ4v) is 3.35. The van der Waals surface area contributed by atoms with Gasteiger partial charge >= 0.3 is 6.03 Å². The summed E-state index contributed by atoms with van der Waals surface area (Å²) in [5.74, 6) is 0. The molecule has 1 aromatic heterocycles. The van der Waals surface area contributed by atoms with Crippen LogP contribution in [0.3, 0.4) is 0 Å². The van der Waals surface area contributed by atoms with Gasteiger partial charge in [-0.25, -0.2) is 9.48 Å². The molecule has 6 heteroatoms. The third-order valence-corrected chi connectivity index (χ3v) is 4.87. The predicted molar refractivity (Wildman–Crippen MR) is 98.9 cm³/mol. The Morgan fingerprint density at radius 1 is 1.28 bits per heavy atom. The number of amides is 2. The first-order chi connectivity index (χ1) is 12.1. The van der Waals surface area contributed by atoms with E-state index in [2.05, 4.69) is 46.9 Å². The maximum atomic E-state index is 12.0. The summed E-state index contributed by atoms with van der Waals surface area (Å²) < 4.78 is 1.83. The van der Waals surface area contributed by atoms with Crippen LogP contribution in [0.15, 0.2) is 42.7 Å². The van der Waals surface area contributed by atoms with E-state index in [0.29, 0.717) is 18.6 Å². The van der Waals surface area contributed by atoms with E-state index in [-0.39, 0.29) is 6.03 Å². The molecule has 2 N–H and O–H groups in total. The molecule has 1 aliphatic carbocycles. The van der Waals surface area contributed by atoms with Crippen LogP contribution >= 0.6 is 0 Å². The summed E-state index contributed by atoms with van der Waals surface area (Å²) in [7, 11) is 4.20. The summed E-state index contributed by atoms with van der Waals surface area (Å²) in [6, 6.07) is 11.0. The summed E-state index contributed by atoms with van der Waals surface area (Å²) >= 11 is 0. The van der Waals surface area contributed by atoms with Gasteiger partial charge in [0.25, 0.3) is 0 Å². The number of carbonyl (C=O) groups is 1. The van der Waals surface area contributed by atoms with Crippen LogP contribution in [-0.2, 0) is 6.42 Å². The molecule has 1 aliphatic rings. The topological polar surface area (TPSA) is 62.2 Å². The van der Waals surface area contributed by atoms with E-state index >= 15 is 0 Å². The van der Waals surface area contributed by atoms with Crippen molar-refractivity contribution >= 4 is 6.03 Å². The molecule has 1 fully saturated rings. The maximum Gasteiger partial charge on any atom is 0.315 e. The van der Waals surface area contributed by atoms with E-state index in [1.807, 2.05) is 29.1 Å². The lowest BCUT2D eigenvalue weighted by Crippen LogP contribution is -2.42. The van der Waals surface area contributed by atoms with E-state index in [1.165, 1.54) is 5.56 Å². The second-order valence-electron chi connectivity index (χ2n) is 6.89. The molecule has 6 nitrogen and oxygen atoms in total. The highest BCUT2D eigenvalue weighted by atomic mass is 16.2. The van der Waals surface area contributed by atoms with Crippen molar-refractivity contribution < 1.29 is 4.79 Å². The molecule has 0 aliphatic heterocycles. The number of aromatic nitrogens is 2. The van der Waals surface area contributed by atoms with Crippen molar-refractivity contribution in [2.24, 2.45) is 0 Å². The van der Waals surface area contributed by atoms with Crippen LogP contribution in [0.4, 0.5) is 4.79 Å². The number of carbonyl (C=O) groups excluding carboxylic acids is 1. The second kappa shape index (κ2) is 8.16. The van der Waals surface area contributed by atoms with Crippen molar-refractivity contribution in [3.05, 3.63) is 48.3 Å². The highest BCUT2D eigenvalue weighted by Crippen LogP contribution is 2.22. The Kier molecular flexibility index (Phi) is 5.71. The lowest BCUT2D eigenvalue weighted by molar-refractivity contribution is 0.235. The van der Waals surface area contributed by atoms with Gasteiger partial charge < -0.3 is 15.5 Å². The number of rotatable bonds is 6. The molecular formula is C19H27N5O. The minimum atomic E-state index is -0.0578. The Hall–Kier alpha value is -2.34. The number of hydrogen-bond acceptors (Lipinski definition) is 3. The number of nitrogens with zero attached hydrogens (tertiary/aromatic N) is 3. The van der Waals surface area contributed by atoms with E-state index in [4.69, 9.17) is 0 Å². The van der Waals surface area contributed by atoms with Crippen LogP contribution in [0.25, 0.3) is 5.69 Å². The Labute approximate surface area is 149 Å². The maximum absolute atomic E-state index is 12.0.